The summed E-state index contributed by atoms with van der Waals surface area (Å²) in [5, 5.41) is 0. The van der Waals surface area contributed by atoms with Gasteiger partial charge in [-0.2, -0.15) is 10.0 Å². The van der Waals surface area contributed by atoms with Crippen molar-refractivity contribution < 1.29 is 4.79 Å². The molecule has 3 nitrogen and oxygen atoms in total. The van der Waals surface area contributed by atoms with Crippen molar-refractivity contribution in [2.45, 2.75) is 22.6 Å². The molecule has 0 unspecified atom stereocenters. The van der Waals surface area contributed by atoms with E-state index in [1.165, 1.54) is 32.3 Å². The van der Waals surface area contributed by atoms with Gasteiger partial charge in [0.05, 0.1) is 0 Å². The zero-order chi connectivity index (χ0) is 17.5. The van der Waals surface area contributed by atoms with Gasteiger partial charge in [-0.25, -0.2) is 0 Å². The predicted molar refractivity (Wildman–Crippen MR) is 106 cm³/mol. The fourth-order valence-corrected chi connectivity index (χ4v) is 7.07. The van der Waals surface area contributed by atoms with Crippen LogP contribution in [0, 0.1) is 0 Å². The van der Waals surface area contributed by atoms with Gasteiger partial charge in [-0.1, -0.05) is 0 Å². The number of benzene rings is 2. The Kier molecular flexibility index (Phi) is 2.95. The number of anilines is 2. The van der Waals surface area contributed by atoms with Crippen LogP contribution in [-0.2, 0) is 12.8 Å². The van der Waals surface area contributed by atoms with E-state index in [0.29, 0.717) is 0 Å². The third-order valence-electron chi connectivity index (χ3n) is 6.21. The Morgan fingerprint density at radius 1 is 0.800 bits per heavy atom. The first kappa shape index (κ1) is 15.3. The molecule has 0 saturated heterocycles. The number of likely N-dealkylation sites (N-methyl/N-ethyl adjacent to an activating group) is 2. The smallest absolute Gasteiger partial charge is 0.195 e. The second-order valence-corrected chi connectivity index (χ2v) is 11.5. The molecule has 4 heteroatoms. The highest BCUT2D eigenvalue weighted by Gasteiger charge is 2.37. The molecule has 0 N–H and O–H groups in total. The van der Waals surface area contributed by atoms with E-state index < -0.39 is 10.0 Å². The van der Waals surface area contributed by atoms with E-state index >= 15 is 0 Å². The van der Waals surface area contributed by atoms with Gasteiger partial charge in [0.15, 0.2) is 5.78 Å². The van der Waals surface area contributed by atoms with Gasteiger partial charge < -0.3 is 9.80 Å². The molecule has 2 aromatic carbocycles. The minimum absolute atomic E-state index is 0.228. The minimum atomic E-state index is -1.20. The lowest BCUT2D eigenvalue weighted by molar-refractivity contribution is 0.103. The molecule has 3 aliphatic rings. The highest BCUT2D eigenvalue weighted by Crippen LogP contribution is 2.63. The number of carbonyl (C=O) groups excluding carboxylic acids is 1. The molecule has 3 heterocycles. The fourth-order valence-electron chi connectivity index (χ4n) is 4.62. The highest BCUT2D eigenvalue weighted by molar-refractivity contribution is 8.32. The van der Waals surface area contributed by atoms with Crippen LogP contribution in [0.2, 0.25) is 0 Å². The Bertz CT molecular complexity index is 874. The maximum atomic E-state index is 13.3. The van der Waals surface area contributed by atoms with Gasteiger partial charge in [-0.15, -0.1) is 0 Å². The molecule has 0 fully saturated rings. The van der Waals surface area contributed by atoms with Gasteiger partial charge in [-0.05, 0) is 60.7 Å². The van der Waals surface area contributed by atoms with Gasteiger partial charge >= 0.3 is 0 Å². The minimum Gasteiger partial charge on any atom is -0.374 e. The van der Waals surface area contributed by atoms with E-state index in [9.17, 15) is 4.79 Å². The first-order valence-electron chi connectivity index (χ1n) is 8.92. The second kappa shape index (κ2) is 4.82. The van der Waals surface area contributed by atoms with Crippen LogP contribution in [0.3, 0.4) is 0 Å². The molecule has 0 amide bonds. The molecule has 3 aliphatic heterocycles. The zero-order valence-electron chi connectivity index (χ0n) is 15.3. The van der Waals surface area contributed by atoms with Gasteiger partial charge in [-0.3, -0.25) is 4.79 Å². The number of fused-ring (bicyclic) bond motifs is 4. The molecule has 0 aromatic heterocycles. The molecule has 0 radical (unpaired) electrons. The standard InChI is InChI=1S/C21H24N2OS/c1-22-7-5-13-9-15-19(11-17(13)22)25(3,4)20-12-18-14(6-8-23(18)2)10-16(20)21(15)24/h9-12H,5-8H2,1-4H3. The molecule has 25 heavy (non-hydrogen) atoms. The Morgan fingerprint density at radius 2 is 1.24 bits per heavy atom. The Balaban J connectivity index is 1.77. The number of ketones is 1. The molecule has 0 saturated carbocycles. The Hall–Kier alpha value is -1.94. The van der Waals surface area contributed by atoms with E-state index in [4.69, 9.17) is 0 Å². The van der Waals surface area contributed by atoms with Gasteiger partial charge in [0.25, 0.3) is 0 Å². The monoisotopic (exact) mass is 352 g/mol. The number of hydrogen-bond donors (Lipinski definition) is 0. The summed E-state index contributed by atoms with van der Waals surface area (Å²) in [6.07, 6.45) is 6.79. The zero-order valence-corrected chi connectivity index (χ0v) is 16.2. The van der Waals surface area contributed by atoms with E-state index in [2.05, 4.69) is 60.7 Å². The first-order valence-corrected chi connectivity index (χ1v) is 11.4. The molecular formula is C21H24N2OS. The van der Waals surface area contributed by atoms with Crippen LogP contribution in [0.5, 0.6) is 0 Å². The number of hydrogen-bond acceptors (Lipinski definition) is 3. The quantitative estimate of drug-likeness (QED) is 0.722. The van der Waals surface area contributed by atoms with Crippen molar-refractivity contribution in [3.63, 3.8) is 0 Å². The molecule has 5 rings (SSSR count). The highest BCUT2D eigenvalue weighted by atomic mass is 32.3. The van der Waals surface area contributed by atoms with Crippen LogP contribution < -0.4 is 9.80 Å². The molecule has 2 aromatic rings. The van der Waals surface area contributed by atoms with Crippen molar-refractivity contribution in [1.29, 1.82) is 0 Å². The summed E-state index contributed by atoms with van der Waals surface area (Å²) in [6.45, 7) is 2.10. The van der Waals surface area contributed by atoms with Crippen LogP contribution in [0.25, 0.3) is 0 Å². The molecule has 0 atom stereocenters. The molecular weight excluding hydrogens is 328 g/mol. The topological polar surface area (TPSA) is 23.6 Å². The lowest BCUT2D eigenvalue weighted by Crippen LogP contribution is -2.20. The van der Waals surface area contributed by atoms with Crippen molar-refractivity contribution in [2.24, 2.45) is 0 Å². The summed E-state index contributed by atoms with van der Waals surface area (Å²) in [5.41, 5.74) is 7.19. The lowest BCUT2D eigenvalue weighted by atomic mass is 9.97. The van der Waals surface area contributed by atoms with E-state index in [1.807, 2.05) is 0 Å². The predicted octanol–water partition coefficient (Wildman–Crippen LogP) is 3.70. The van der Waals surface area contributed by atoms with E-state index in [-0.39, 0.29) is 5.78 Å². The van der Waals surface area contributed by atoms with Crippen LogP contribution in [0.4, 0.5) is 11.4 Å². The maximum absolute atomic E-state index is 13.3. The number of nitrogens with zero attached hydrogens (tertiary/aromatic N) is 2. The summed E-state index contributed by atoms with van der Waals surface area (Å²) in [6, 6.07) is 9.00. The van der Waals surface area contributed by atoms with Crippen LogP contribution in [0.15, 0.2) is 34.1 Å². The van der Waals surface area contributed by atoms with Crippen molar-refractivity contribution >= 4 is 27.2 Å². The van der Waals surface area contributed by atoms with Crippen LogP contribution >= 0.6 is 10.0 Å². The first-order chi connectivity index (χ1) is 11.9. The average molecular weight is 353 g/mol. The summed E-state index contributed by atoms with van der Waals surface area (Å²) in [4.78, 5) is 20.5. The normalized spacial score (nSPS) is 20.9. The van der Waals surface area contributed by atoms with Crippen LogP contribution in [0.1, 0.15) is 27.0 Å². The third kappa shape index (κ3) is 1.92. The fraction of sp³-hybridized carbons (Fsp3) is 0.381. The molecule has 0 bridgehead atoms. The SMILES string of the molecule is CN1CCc2cc3c(cc21)S(C)(C)c1cc2c(cc1C3=O)CCN2C. The van der Waals surface area contributed by atoms with Crippen molar-refractivity contribution in [3.8, 4) is 0 Å². The summed E-state index contributed by atoms with van der Waals surface area (Å²) < 4.78 is 0. The van der Waals surface area contributed by atoms with Gasteiger partial charge in [0, 0.05) is 59.5 Å². The third-order valence-corrected chi connectivity index (χ3v) is 9.08. The van der Waals surface area contributed by atoms with Gasteiger partial charge in [0.2, 0.25) is 0 Å². The van der Waals surface area contributed by atoms with Crippen molar-refractivity contribution in [2.75, 3.05) is 49.5 Å². The lowest BCUT2D eigenvalue weighted by Gasteiger charge is -2.40. The largest absolute Gasteiger partial charge is 0.374 e. The Morgan fingerprint density at radius 3 is 1.68 bits per heavy atom. The Labute approximate surface area is 150 Å². The van der Waals surface area contributed by atoms with Gasteiger partial charge in [0.1, 0.15) is 0 Å². The maximum Gasteiger partial charge on any atom is 0.195 e. The molecule has 0 aliphatic carbocycles. The summed E-state index contributed by atoms with van der Waals surface area (Å²) >= 11 is 0. The molecule has 0 spiro atoms. The average Bonchev–Trinajstić information content (AvgIpc) is 3.14. The summed E-state index contributed by atoms with van der Waals surface area (Å²) in [5.74, 6) is 0.228. The van der Waals surface area contributed by atoms with Crippen molar-refractivity contribution in [3.05, 3.63) is 46.5 Å². The number of rotatable bonds is 0. The second-order valence-electron chi connectivity index (χ2n) is 7.95. The van der Waals surface area contributed by atoms with E-state index in [1.54, 1.807) is 0 Å². The molecule has 130 valence electrons. The summed E-state index contributed by atoms with van der Waals surface area (Å²) in [7, 11) is 3.11. The van der Waals surface area contributed by atoms with Crippen LogP contribution in [-0.4, -0.2) is 45.5 Å². The number of carbonyl (C=O) groups is 1. The van der Waals surface area contributed by atoms with Crippen molar-refractivity contribution in [1.82, 2.24) is 0 Å². The van der Waals surface area contributed by atoms with E-state index in [0.717, 1.165) is 37.1 Å².